The Bertz CT molecular complexity index is 604. The molecule has 3 nitrogen and oxygen atoms in total. The lowest BCUT2D eigenvalue weighted by atomic mass is 9.94. The van der Waals surface area contributed by atoms with Gasteiger partial charge >= 0.3 is 0 Å². The fourth-order valence-corrected chi connectivity index (χ4v) is 2.45. The number of hydrogen-bond donors (Lipinski definition) is 2. The standard InChI is InChI=1S/C15H19FN2O/c1-8-5-6-13(16)12(7-8)15(18-17)14-9(2)10(3)19-11(14)4/h5-7,15,18H,17H2,1-4H3. The van der Waals surface area contributed by atoms with Crippen molar-refractivity contribution in [1.29, 1.82) is 0 Å². The lowest BCUT2D eigenvalue weighted by Gasteiger charge is -2.18. The highest BCUT2D eigenvalue weighted by Crippen LogP contribution is 2.32. The number of halogens is 1. The molecule has 0 aliphatic heterocycles. The van der Waals surface area contributed by atoms with Crippen molar-refractivity contribution in [2.45, 2.75) is 33.7 Å². The minimum atomic E-state index is -0.405. The smallest absolute Gasteiger partial charge is 0.128 e. The summed E-state index contributed by atoms with van der Waals surface area (Å²) in [5, 5.41) is 0. The summed E-state index contributed by atoms with van der Waals surface area (Å²) in [7, 11) is 0. The largest absolute Gasteiger partial charge is 0.466 e. The van der Waals surface area contributed by atoms with Crippen molar-refractivity contribution in [3.8, 4) is 0 Å². The van der Waals surface area contributed by atoms with Crippen molar-refractivity contribution >= 4 is 0 Å². The van der Waals surface area contributed by atoms with Crippen LogP contribution in [-0.4, -0.2) is 0 Å². The third kappa shape index (κ3) is 2.41. The van der Waals surface area contributed by atoms with Crippen LogP contribution in [0.3, 0.4) is 0 Å². The Hall–Kier alpha value is -1.65. The first-order valence-corrected chi connectivity index (χ1v) is 6.24. The van der Waals surface area contributed by atoms with E-state index < -0.39 is 6.04 Å². The molecule has 0 aliphatic carbocycles. The molecule has 1 heterocycles. The van der Waals surface area contributed by atoms with Crippen molar-refractivity contribution in [3.05, 3.63) is 57.8 Å². The maximum absolute atomic E-state index is 14.0. The predicted molar refractivity (Wildman–Crippen MR) is 73.2 cm³/mol. The lowest BCUT2D eigenvalue weighted by molar-refractivity contribution is 0.491. The Labute approximate surface area is 112 Å². The first-order valence-electron chi connectivity index (χ1n) is 6.24. The van der Waals surface area contributed by atoms with Crippen molar-refractivity contribution in [1.82, 2.24) is 5.43 Å². The van der Waals surface area contributed by atoms with Crippen LogP contribution >= 0.6 is 0 Å². The highest BCUT2D eigenvalue weighted by molar-refractivity contribution is 5.41. The molecular formula is C15H19FN2O. The molecule has 0 aliphatic rings. The Morgan fingerprint density at radius 3 is 2.37 bits per heavy atom. The number of benzene rings is 1. The molecule has 1 atom stereocenters. The molecule has 0 amide bonds. The average Bonchev–Trinajstić information content (AvgIpc) is 2.61. The number of nitrogens with one attached hydrogen (secondary N) is 1. The third-order valence-electron chi connectivity index (χ3n) is 3.54. The molecule has 0 fully saturated rings. The second kappa shape index (κ2) is 5.15. The molecule has 0 radical (unpaired) electrons. The van der Waals surface area contributed by atoms with Crippen molar-refractivity contribution in [2.75, 3.05) is 0 Å². The molecule has 2 rings (SSSR count). The summed E-state index contributed by atoms with van der Waals surface area (Å²) in [5.74, 6) is 6.97. The summed E-state index contributed by atoms with van der Waals surface area (Å²) in [6, 6.07) is 4.61. The Morgan fingerprint density at radius 1 is 1.16 bits per heavy atom. The van der Waals surface area contributed by atoms with Gasteiger partial charge in [0.05, 0.1) is 6.04 Å². The van der Waals surface area contributed by atoms with Gasteiger partial charge in [0.25, 0.3) is 0 Å². The van der Waals surface area contributed by atoms with Gasteiger partial charge in [0.15, 0.2) is 0 Å². The van der Waals surface area contributed by atoms with Crippen LogP contribution in [0.5, 0.6) is 0 Å². The van der Waals surface area contributed by atoms with Crippen LogP contribution in [0.15, 0.2) is 22.6 Å². The van der Waals surface area contributed by atoms with Crippen LogP contribution in [0.25, 0.3) is 0 Å². The maximum Gasteiger partial charge on any atom is 0.128 e. The molecule has 0 bridgehead atoms. The molecule has 102 valence electrons. The first-order chi connectivity index (χ1) is 8.95. The Balaban J connectivity index is 2.59. The Kier molecular flexibility index (Phi) is 3.73. The summed E-state index contributed by atoms with van der Waals surface area (Å²) in [4.78, 5) is 0. The Morgan fingerprint density at radius 2 is 1.84 bits per heavy atom. The van der Waals surface area contributed by atoms with Gasteiger partial charge in [0.1, 0.15) is 17.3 Å². The van der Waals surface area contributed by atoms with Gasteiger partial charge in [-0.05, 0) is 39.3 Å². The van der Waals surface area contributed by atoms with E-state index in [2.05, 4.69) is 5.43 Å². The zero-order valence-electron chi connectivity index (χ0n) is 11.7. The van der Waals surface area contributed by atoms with Crippen LogP contribution in [0, 0.1) is 33.5 Å². The summed E-state index contributed by atoms with van der Waals surface area (Å²) in [5.41, 5.74) is 6.14. The molecule has 4 heteroatoms. The maximum atomic E-state index is 14.0. The zero-order valence-corrected chi connectivity index (χ0v) is 11.7. The lowest BCUT2D eigenvalue weighted by Crippen LogP contribution is -2.30. The van der Waals surface area contributed by atoms with Crippen molar-refractivity contribution in [3.63, 3.8) is 0 Å². The van der Waals surface area contributed by atoms with E-state index >= 15 is 0 Å². The SMILES string of the molecule is Cc1ccc(F)c(C(NN)c2c(C)oc(C)c2C)c1. The van der Waals surface area contributed by atoms with E-state index in [-0.39, 0.29) is 5.82 Å². The molecule has 2 aromatic rings. The number of hydrazine groups is 1. The normalized spacial score (nSPS) is 12.7. The molecule has 0 spiro atoms. The fourth-order valence-electron chi connectivity index (χ4n) is 2.45. The fraction of sp³-hybridized carbons (Fsp3) is 0.333. The van der Waals surface area contributed by atoms with E-state index in [0.29, 0.717) is 5.56 Å². The van der Waals surface area contributed by atoms with Crippen LogP contribution in [0.4, 0.5) is 4.39 Å². The molecule has 0 saturated carbocycles. The summed E-state index contributed by atoms with van der Waals surface area (Å²) in [6.45, 7) is 7.65. The number of furan rings is 1. The first kappa shape index (κ1) is 13.8. The predicted octanol–water partition coefficient (Wildman–Crippen LogP) is 3.21. The number of rotatable bonds is 3. The van der Waals surface area contributed by atoms with Gasteiger partial charge in [-0.1, -0.05) is 17.7 Å². The van der Waals surface area contributed by atoms with E-state index in [1.165, 1.54) is 6.07 Å². The second-order valence-corrected chi connectivity index (χ2v) is 4.88. The van der Waals surface area contributed by atoms with Crippen molar-refractivity contribution < 1.29 is 8.81 Å². The van der Waals surface area contributed by atoms with Gasteiger partial charge in [-0.25, -0.2) is 9.82 Å². The van der Waals surface area contributed by atoms with Gasteiger partial charge in [0.2, 0.25) is 0 Å². The van der Waals surface area contributed by atoms with Gasteiger partial charge in [-0.3, -0.25) is 5.84 Å². The van der Waals surface area contributed by atoms with Crippen LogP contribution in [0.1, 0.15) is 39.8 Å². The van der Waals surface area contributed by atoms with Crippen LogP contribution < -0.4 is 11.3 Å². The van der Waals surface area contributed by atoms with Crippen LogP contribution in [0.2, 0.25) is 0 Å². The molecule has 19 heavy (non-hydrogen) atoms. The highest BCUT2D eigenvalue weighted by Gasteiger charge is 2.24. The van der Waals surface area contributed by atoms with Gasteiger partial charge < -0.3 is 4.42 Å². The van der Waals surface area contributed by atoms with E-state index in [1.54, 1.807) is 12.1 Å². The summed E-state index contributed by atoms with van der Waals surface area (Å²) in [6.07, 6.45) is 0. The number of aryl methyl sites for hydroxylation is 3. The topological polar surface area (TPSA) is 51.2 Å². The second-order valence-electron chi connectivity index (χ2n) is 4.88. The van der Waals surface area contributed by atoms with E-state index in [0.717, 1.165) is 28.2 Å². The van der Waals surface area contributed by atoms with Crippen molar-refractivity contribution in [2.24, 2.45) is 5.84 Å². The molecule has 0 saturated heterocycles. The van der Waals surface area contributed by atoms with Gasteiger partial charge in [0, 0.05) is 11.1 Å². The van der Waals surface area contributed by atoms with Gasteiger partial charge in [-0.15, -0.1) is 0 Å². The highest BCUT2D eigenvalue weighted by atomic mass is 19.1. The van der Waals surface area contributed by atoms with E-state index in [1.807, 2.05) is 27.7 Å². The number of nitrogens with two attached hydrogens (primary N) is 1. The minimum absolute atomic E-state index is 0.272. The molecule has 1 unspecified atom stereocenters. The quantitative estimate of drug-likeness (QED) is 0.659. The zero-order chi connectivity index (χ0) is 14.2. The summed E-state index contributed by atoms with van der Waals surface area (Å²) < 4.78 is 19.6. The number of hydrogen-bond acceptors (Lipinski definition) is 3. The average molecular weight is 262 g/mol. The molecule has 1 aromatic heterocycles. The van der Waals surface area contributed by atoms with E-state index in [4.69, 9.17) is 10.3 Å². The molecule has 3 N–H and O–H groups in total. The molecular weight excluding hydrogens is 243 g/mol. The van der Waals surface area contributed by atoms with Crippen LogP contribution in [-0.2, 0) is 0 Å². The summed E-state index contributed by atoms with van der Waals surface area (Å²) >= 11 is 0. The van der Waals surface area contributed by atoms with E-state index in [9.17, 15) is 4.39 Å². The monoisotopic (exact) mass is 262 g/mol. The molecule has 1 aromatic carbocycles. The minimum Gasteiger partial charge on any atom is -0.466 e. The third-order valence-corrected chi connectivity index (χ3v) is 3.54. The van der Waals surface area contributed by atoms with Gasteiger partial charge in [-0.2, -0.15) is 0 Å².